The topological polar surface area (TPSA) is 61.0 Å². The SMILES string of the molecule is CC(N)Cc1ccc(OCc2nc3ccccc3s2)cn1. The van der Waals surface area contributed by atoms with Crippen LogP contribution in [0.25, 0.3) is 10.2 Å². The molecule has 0 spiro atoms. The van der Waals surface area contributed by atoms with Gasteiger partial charge in [0, 0.05) is 18.2 Å². The molecule has 21 heavy (non-hydrogen) atoms. The molecule has 0 bridgehead atoms. The number of pyridine rings is 1. The minimum Gasteiger partial charge on any atom is -0.485 e. The van der Waals surface area contributed by atoms with E-state index in [1.54, 1.807) is 17.5 Å². The van der Waals surface area contributed by atoms with Crippen LogP contribution in [0.1, 0.15) is 17.6 Å². The molecule has 2 N–H and O–H groups in total. The van der Waals surface area contributed by atoms with Crippen molar-refractivity contribution in [3.05, 3.63) is 53.3 Å². The van der Waals surface area contributed by atoms with Crippen LogP contribution in [0.3, 0.4) is 0 Å². The zero-order chi connectivity index (χ0) is 14.7. The maximum Gasteiger partial charge on any atom is 0.140 e. The summed E-state index contributed by atoms with van der Waals surface area (Å²) in [5.41, 5.74) is 7.76. The van der Waals surface area contributed by atoms with Crippen molar-refractivity contribution >= 4 is 21.6 Å². The zero-order valence-electron chi connectivity index (χ0n) is 11.8. The van der Waals surface area contributed by atoms with Gasteiger partial charge in [-0.3, -0.25) is 4.98 Å². The fraction of sp³-hybridized carbons (Fsp3) is 0.250. The molecule has 1 unspecified atom stereocenters. The summed E-state index contributed by atoms with van der Waals surface area (Å²) in [6.45, 7) is 2.44. The average molecular weight is 299 g/mol. The third kappa shape index (κ3) is 3.56. The number of hydrogen-bond donors (Lipinski definition) is 1. The molecule has 0 saturated carbocycles. The van der Waals surface area contributed by atoms with E-state index in [9.17, 15) is 0 Å². The van der Waals surface area contributed by atoms with Crippen molar-refractivity contribution in [2.45, 2.75) is 26.0 Å². The molecule has 108 valence electrons. The van der Waals surface area contributed by atoms with Crippen molar-refractivity contribution in [3.63, 3.8) is 0 Å². The van der Waals surface area contributed by atoms with Gasteiger partial charge in [0.2, 0.25) is 0 Å². The highest BCUT2D eigenvalue weighted by Crippen LogP contribution is 2.22. The molecule has 2 aromatic heterocycles. The van der Waals surface area contributed by atoms with Crippen LogP contribution in [0.2, 0.25) is 0 Å². The fourth-order valence-electron chi connectivity index (χ4n) is 2.07. The number of hydrogen-bond acceptors (Lipinski definition) is 5. The number of thiazole rings is 1. The van der Waals surface area contributed by atoms with Gasteiger partial charge in [0.05, 0.1) is 16.4 Å². The van der Waals surface area contributed by atoms with E-state index in [4.69, 9.17) is 10.5 Å². The molecule has 0 aliphatic heterocycles. The first-order valence-electron chi connectivity index (χ1n) is 6.88. The lowest BCUT2D eigenvalue weighted by molar-refractivity contribution is 0.304. The Morgan fingerprint density at radius 3 is 2.81 bits per heavy atom. The van der Waals surface area contributed by atoms with Crippen LogP contribution in [0.15, 0.2) is 42.6 Å². The Morgan fingerprint density at radius 1 is 1.24 bits per heavy atom. The number of fused-ring (bicyclic) bond motifs is 1. The molecular weight excluding hydrogens is 282 g/mol. The molecule has 0 aliphatic rings. The minimum atomic E-state index is 0.118. The Balaban J connectivity index is 1.64. The quantitative estimate of drug-likeness (QED) is 0.786. The van der Waals surface area contributed by atoms with E-state index in [0.29, 0.717) is 6.61 Å². The molecule has 1 atom stereocenters. The van der Waals surface area contributed by atoms with E-state index in [2.05, 4.69) is 16.0 Å². The van der Waals surface area contributed by atoms with Crippen molar-refractivity contribution in [1.82, 2.24) is 9.97 Å². The number of nitrogens with zero attached hydrogens (tertiary/aromatic N) is 2. The first-order valence-corrected chi connectivity index (χ1v) is 7.70. The van der Waals surface area contributed by atoms with Crippen LogP contribution < -0.4 is 10.5 Å². The largest absolute Gasteiger partial charge is 0.485 e. The second-order valence-electron chi connectivity index (χ2n) is 5.03. The zero-order valence-corrected chi connectivity index (χ0v) is 12.6. The highest BCUT2D eigenvalue weighted by molar-refractivity contribution is 7.18. The van der Waals surface area contributed by atoms with E-state index in [-0.39, 0.29) is 6.04 Å². The summed E-state index contributed by atoms with van der Waals surface area (Å²) >= 11 is 1.66. The normalized spacial score (nSPS) is 12.5. The molecule has 3 rings (SSSR count). The lowest BCUT2D eigenvalue weighted by atomic mass is 10.2. The van der Waals surface area contributed by atoms with Gasteiger partial charge in [0.15, 0.2) is 0 Å². The molecule has 0 amide bonds. The Kier molecular flexibility index (Phi) is 4.13. The highest BCUT2D eigenvalue weighted by atomic mass is 32.1. The summed E-state index contributed by atoms with van der Waals surface area (Å²) in [5.74, 6) is 0.752. The van der Waals surface area contributed by atoms with Crippen molar-refractivity contribution in [1.29, 1.82) is 0 Å². The summed E-state index contributed by atoms with van der Waals surface area (Å²) in [5, 5.41) is 0.968. The van der Waals surface area contributed by atoms with Crippen LogP contribution in [-0.2, 0) is 13.0 Å². The van der Waals surface area contributed by atoms with E-state index in [0.717, 1.165) is 28.4 Å². The Bertz CT molecular complexity index is 689. The summed E-state index contributed by atoms with van der Waals surface area (Å²) < 4.78 is 6.92. The number of aromatic nitrogens is 2. The predicted octanol–water partition coefficient (Wildman–Crippen LogP) is 3.16. The van der Waals surface area contributed by atoms with E-state index < -0.39 is 0 Å². The van der Waals surface area contributed by atoms with Crippen molar-refractivity contribution in [2.75, 3.05) is 0 Å². The van der Waals surface area contributed by atoms with E-state index in [1.165, 1.54) is 4.70 Å². The Hall–Kier alpha value is -1.98. The number of para-hydroxylation sites is 1. The average Bonchev–Trinajstić information content (AvgIpc) is 2.89. The standard InChI is InChI=1S/C16H17N3OS/c1-11(17)8-12-6-7-13(9-18-12)20-10-16-19-14-4-2-3-5-15(14)21-16/h2-7,9,11H,8,10,17H2,1H3. The summed E-state index contributed by atoms with van der Waals surface area (Å²) in [6, 6.07) is 12.1. The molecule has 0 fully saturated rings. The second-order valence-corrected chi connectivity index (χ2v) is 6.15. The maximum atomic E-state index is 5.76. The lowest BCUT2D eigenvalue weighted by Gasteiger charge is -2.06. The smallest absolute Gasteiger partial charge is 0.140 e. The Labute approximate surface area is 127 Å². The van der Waals surface area contributed by atoms with Gasteiger partial charge in [0.25, 0.3) is 0 Å². The molecule has 2 heterocycles. The third-order valence-corrected chi connectivity index (χ3v) is 4.04. The van der Waals surface area contributed by atoms with Gasteiger partial charge in [-0.05, 0) is 31.2 Å². The predicted molar refractivity (Wildman–Crippen MR) is 85.5 cm³/mol. The van der Waals surface area contributed by atoms with Gasteiger partial charge in [-0.25, -0.2) is 4.98 Å². The molecule has 0 aliphatic carbocycles. The minimum absolute atomic E-state index is 0.118. The van der Waals surface area contributed by atoms with Crippen molar-refractivity contribution < 1.29 is 4.74 Å². The number of rotatable bonds is 5. The summed E-state index contributed by atoms with van der Waals surface area (Å²) in [7, 11) is 0. The summed E-state index contributed by atoms with van der Waals surface area (Å²) in [6.07, 6.45) is 2.52. The number of benzene rings is 1. The molecular formula is C16H17N3OS. The van der Waals surface area contributed by atoms with Crippen molar-refractivity contribution in [3.8, 4) is 5.75 Å². The molecule has 1 aromatic carbocycles. The molecule has 5 heteroatoms. The first-order chi connectivity index (χ1) is 10.2. The fourth-order valence-corrected chi connectivity index (χ4v) is 2.95. The first kappa shape index (κ1) is 14.0. The van der Waals surface area contributed by atoms with Crippen LogP contribution in [0.4, 0.5) is 0 Å². The third-order valence-electron chi connectivity index (χ3n) is 3.03. The second kappa shape index (κ2) is 6.20. The van der Waals surface area contributed by atoms with Gasteiger partial charge < -0.3 is 10.5 Å². The van der Waals surface area contributed by atoms with E-state index >= 15 is 0 Å². The van der Waals surface area contributed by atoms with Gasteiger partial charge >= 0.3 is 0 Å². The van der Waals surface area contributed by atoms with E-state index in [1.807, 2.05) is 37.3 Å². The Morgan fingerprint density at radius 2 is 2.10 bits per heavy atom. The van der Waals surface area contributed by atoms with Gasteiger partial charge in [-0.15, -0.1) is 11.3 Å². The summed E-state index contributed by atoms with van der Waals surface area (Å²) in [4.78, 5) is 8.89. The van der Waals surface area contributed by atoms with Gasteiger partial charge in [-0.1, -0.05) is 12.1 Å². The highest BCUT2D eigenvalue weighted by Gasteiger charge is 2.05. The number of ether oxygens (including phenoxy) is 1. The molecule has 3 aromatic rings. The van der Waals surface area contributed by atoms with Crippen LogP contribution >= 0.6 is 11.3 Å². The lowest BCUT2D eigenvalue weighted by Crippen LogP contribution is -2.18. The van der Waals surface area contributed by atoms with Crippen LogP contribution in [0, 0.1) is 0 Å². The van der Waals surface area contributed by atoms with Gasteiger partial charge in [0.1, 0.15) is 17.4 Å². The van der Waals surface area contributed by atoms with Crippen LogP contribution in [-0.4, -0.2) is 16.0 Å². The van der Waals surface area contributed by atoms with Crippen LogP contribution in [0.5, 0.6) is 5.75 Å². The van der Waals surface area contributed by atoms with Gasteiger partial charge in [-0.2, -0.15) is 0 Å². The maximum absolute atomic E-state index is 5.76. The number of nitrogens with two attached hydrogens (primary N) is 1. The monoisotopic (exact) mass is 299 g/mol. The molecule has 4 nitrogen and oxygen atoms in total. The van der Waals surface area contributed by atoms with Crippen molar-refractivity contribution in [2.24, 2.45) is 5.73 Å². The molecule has 0 saturated heterocycles. The molecule has 0 radical (unpaired) electrons.